The number of benzene rings is 2. The zero-order valence-electron chi connectivity index (χ0n) is 12.1. The molecule has 0 bridgehead atoms. The Morgan fingerprint density at radius 1 is 1.20 bits per heavy atom. The van der Waals surface area contributed by atoms with Crippen LogP contribution in [0.15, 0.2) is 42.5 Å². The molecule has 2 aromatic carbocycles. The molecule has 2 aromatic rings. The topological polar surface area (TPSA) is 23.5 Å². The standard InChI is InChI=1S/C17H20FNO/c1-4-19(14-8-6-5-7-9-14)17-10-12(2)16(18)11-15(17)13(3)20/h5-11,13,20H,4H2,1-3H3/t13-/m1/s1. The first-order valence-corrected chi connectivity index (χ1v) is 6.85. The lowest BCUT2D eigenvalue weighted by atomic mass is 10.0. The lowest BCUT2D eigenvalue weighted by Gasteiger charge is -2.27. The predicted octanol–water partition coefficient (Wildman–Crippen LogP) is 4.35. The molecule has 0 saturated carbocycles. The number of hydrogen-bond donors (Lipinski definition) is 1. The second-order valence-corrected chi connectivity index (χ2v) is 4.92. The van der Waals surface area contributed by atoms with Crippen molar-refractivity contribution in [3.8, 4) is 0 Å². The van der Waals surface area contributed by atoms with Gasteiger partial charge in [0.25, 0.3) is 0 Å². The highest BCUT2D eigenvalue weighted by atomic mass is 19.1. The number of rotatable bonds is 4. The van der Waals surface area contributed by atoms with E-state index >= 15 is 0 Å². The first-order valence-electron chi connectivity index (χ1n) is 6.85. The van der Waals surface area contributed by atoms with Crippen LogP contribution >= 0.6 is 0 Å². The summed E-state index contributed by atoms with van der Waals surface area (Å²) in [7, 11) is 0. The number of aliphatic hydroxyl groups is 1. The molecular weight excluding hydrogens is 253 g/mol. The summed E-state index contributed by atoms with van der Waals surface area (Å²) in [5.74, 6) is -0.284. The molecule has 0 spiro atoms. The van der Waals surface area contributed by atoms with Crippen LogP contribution in [0.4, 0.5) is 15.8 Å². The third-order valence-electron chi connectivity index (χ3n) is 3.43. The van der Waals surface area contributed by atoms with Gasteiger partial charge in [0.2, 0.25) is 0 Å². The Bertz CT molecular complexity index is 581. The van der Waals surface area contributed by atoms with E-state index < -0.39 is 6.10 Å². The van der Waals surface area contributed by atoms with E-state index in [2.05, 4.69) is 4.90 Å². The molecule has 1 N–H and O–H groups in total. The van der Waals surface area contributed by atoms with E-state index in [1.165, 1.54) is 6.07 Å². The highest BCUT2D eigenvalue weighted by Crippen LogP contribution is 2.33. The number of aliphatic hydroxyl groups excluding tert-OH is 1. The van der Waals surface area contributed by atoms with Gasteiger partial charge in [0.15, 0.2) is 0 Å². The molecule has 3 heteroatoms. The molecule has 0 heterocycles. The fraction of sp³-hybridized carbons (Fsp3) is 0.294. The summed E-state index contributed by atoms with van der Waals surface area (Å²) in [5.41, 5.74) is 3.08. The maximum absolute atomic E-state index is 13.8. The number of nitrogens with zero attached hydrogens (tertiary/aromatic N) is 1. The fourth-order valence-electron chi connectivity index (χ4n) is 2.35. The summed E-state index contributed by atoms with van der Waals surface area (Å²) in [6.45, 7) is 6.18. The first-order chi connectivity index (χ1) is 9.54. The Hall–Kier alpha value is -1.87. The molecule has 1 atom stereocenters. The van der Waals surface area contributed by atoms with Gasteiger partial charge in [0.1, 0.15) is 5.82 Å². The largest absolute Gasteiger partial charge is 0.389 e. The van der Waals surface area contributed by atoms with Gasteiger partial charge in [0, 0.05) is 23.5 Å². The summed E-state index contributed by atoms with van der Waals surface area (Å²) < 4.78 is 13.8. The summed E-state index contributed by atoms with van der Waals surface area (Å²) in [6.07, 6.45) is -0.710. The summed E-state index contributed by atoms with van der Waals surface area (Å²) >= 11 is 0. The van der Waals surface area contributed by atoms with E-state index in [9.17, 15) is 9.50 Å². The van der Waals surface area contributed by atoms with Crippen molar-refractivity contribution in [2.24, 2.45) is 0 Å². The second kappa shape index (κ2) is 6.06. The Morgan fingerprint density at radius 3 is 2.40 bits per heavy atom. The summed E-state index contributed by atoms with van der Waals surface area (Å²) in [4.78, 5) is 2.08. The Labute approximate surface area is 119 Å². The van der Waals surface area contributed by atoms with Crippen molar-refractivity contribution >= 4 is 11.4 Å². The maximum atomic E-state index is 13.8. The molecule has 0 fully saturated rings. The monoisotopic (exact) mass is 273 g/mol. The zero-order chi connectivity index (χ0) is 14.7. The number of halogens is 1. The molecule has 2 nitrogen and oxygen atoms in total. The van der Waals surface area contributed by atoms with Gasteiger partial charge in [0.05, 0.1) is 6.10 Å². The normalized spacial score (nSPS) is 12.2. The van der Waals surface area contributed by atoms with Crippen molar-refractivity contribution in [2.45, 2.75) is 26.9 Å². The molecule has 106 valence electrons. The molecule has 0 aliphatic heterocycles. The highest BCUT2D eigenvalue weighted by Gasteiger charge is 2.17. The second-order valence-electron chi connectivity index (χ2n) is 4.92. The molecular formula is C17H20FNO. The van der Waals surface area contributed by atoms with Gasteiger partial charge in [-0.25, -0.2) is 4.39 Å². The number of para-hydroxylation sites is 1. The number of hydrogen-bond acceptors (Lipinski definition) is 2. The SMILES string of the molecule is CCN(c1ccccc1)c1cc(C)c(F)cc1[C@@H](C)O. The molecule has 0 aromatic heterocycles. The van der Waals surface area contributed by atoms with E-state index in [0.29, 0.717) is 11.1 Å². The van der Waals surface area contributed by atoms with Crippen LogP contribution < -0.4 is 4.90 Å². The molecule has 0 unspecified atom stereocenters. The van der Waals surface area contributed by atoms with Crippen molar-refractivity contribution in [3.63, 3.8) is 0 Å². The van der Waals surface area contributed by atoms with Crippen molar-refractivity contribution < 1.29 is 9.50 Å². The Kier molecular flexibility index (Phi) is 4.40. The average Bonchev–Trinajstić information content (AvgIpc) is 2.44. The van der Waals surface area contributed by atoms with Crippen LogP contribution in [0.25, 0.3) is 0 Å². The Morgan fingerprint density at radius 2 is 1.85 bits per heavy atom. The van der Waals surface area contributed by atoms with Gasteiger partial charge >= 0.3 is 0 Å². The van der Waals surface area contributed by atoms with Gasteiger partial charge in [-0.2, -0.15) is 0 Å². The lowest BCUT2D eigenvalue weighted by molar-refractivity contribution is 0.199. The molecule has 0 amide bonds. The first kappa shape index (κ1) is 14.5. The average molecular weight is 273 g/mol. The van der Waals surface area contributed by atoms with Crippen molar-refractivity contribution in [1.29, 1.82) is 0 Å². The van der Waals surface area contributed by atoms with Gasteiger partial charge in [-0.15, -0.1) is 0 Å². The summed E-state index contributed by atoms with van der Waals surface area (Å²) in [5, 5.41) is 9.92. The molecule has 0 radical (unpaired) electrons. The Balaban J connectivity index is 2.57. The highest BCUT2D eigenvalue weighted by molar-refractivity contribution is 5.67. The van der Waals surface area contributed by atoms with E-state index in [-0.39, 0.29) is 5.82 Å². The van der Waals surface area contributed by atoms with E-state index in [4.69, 9.17) is 0 Å². The molecule has 2 rings (SSSR count). The molecule has 0 aliphatic carbocycles. The molecule has 0 saturated heterocycles. The fourth-order valence-corrected chi connectivity index (χ4v) is 2.35. The van der Waals surface area contributed by atoms with Crippen molar-refractivity contribution in [1.82, 2.24) is 0 Å². The van der Waals surface area contributed by atoms with E-state index in [1.54, 1.807) is 19.9 Å². The van der Waals surface area contributed by atoms with Crippen LogP contribution in [0, 0.1) is 12.7 Å². The van der Waals surface area contributed by atoms with Crippen LogP contribution in [-0.2, 0) is 0 Å². The quantitative estimate of drug-likeness (QED) is 0.895. The van der Waals surface area contributed by atoms with Gasteiger partial charge in [-0.1, -0.05) is 18.2 Å². The lowest BCUT2D eigenvalue weighted by Crippen LogP contribution is -2.18. The third kappa shape index (κ3) is 2.83. The minimum atomic E-state index is -0.710. The van der Waals surface area contributed by atoms with Gasteiger partial charge in [-0.05, 0) is 50.6 Å². The van der Waals surface area contributed by atoms with Crippen LogP contribution in [0.3, 0.4) is 0 Å². The number of anilines is 2. The maximum Gasteiger partial charge on any atom is 0.126 e. The van der Waals surface area contributed by atoms with Crippen LogP contribution in [0.2, 0.25) is 0 Å². The van der Waals surface area contributed by atoms with Gasteiger partial charge in [-0.3, -0.25) is 0 Å². The number of aryl methyl sites for hydroxylation is 1. The minimum Gasteiger partial charge on any atom is -0.389 e. The van der Waals surface area contributed by atoms with E-state index in [0.717, 1.165) is 17.9 Å². The predicted molar refractivity (Wildman–Crippen MR) is 80.9 cm³/mol. The summed E-state index contributed by atoms with van der Waals surface area (Å²) in [6, 6.07) is 13.1. The van der Waals surface area contributed by atoms with E-state index in [1.807, 2.05) is 37.3 Å². The molecule has 0 aliphatic rings. The van der Waals surface area contributed by atoms with Crippen LogP contribution in [0.5, 0.6) is 0 Å². The van der Waals surface area contributed by atoms with Crippen molar-refractivity contribution in [3.05, 3.63) is 59.4 Å². The van der Waals surface area contributed by atoms with Crippen molar-refractivity contribution in [2.75, 3.05) is 11.4 Å². The van der Waals surface area contributed by atoms with Gasteiger partial charge < -0.3 is 10.0 Å². The smallest absolute Gasteiger partial charge is 0.126 e. The zero-order valence-corrected chi connectivity index (χ0v) is 12.1. The van der Waals surface area contributed by atoms with Crippen LogP contribution in [-0.4, -0.2) is 11.7 Å². The molecule has 20 heavy (non-hydrogen) atoms. The minimum absolute atomic E-state index is 0.284. The third-order valence-corrected chi connectivity index (χ3v) is 3.43. The van der Waals surface area contributed by atoms with Crippen LogP contribution in [0.1, 0.15) is 31.1 Å².